The Bertz CT molecular complexity index is 586. The molecule has 114 valence electrons. The summed E-state index contributed by atoms with van der Waals surface area (Å²) in [5.74, 6) is 0.780. The van der Waals surface area contributed by atoms with Crippen molar-refractivity contribution in [1.82, 2.24) is 0 Å². The molecule has 0 unspecified atom stereocenters. The Labute approximate surface area is 127 Å². The molecule has 0 fully saturated rings. The van der Waals surface area contributed by atoms with Gasteiger partial charge in [0.05, 0.1) is 14.2 Å². The summed E-state index contributed by atoms with van der Waals surface area (Å²) in [6.07, 6.45) is -1.53. The van der Waals surface area contributed by atoms with Crippen LogP contribution in [0.15, 0.2) is 48.5 Å². The zero-order chi connectivity index (χ0) is 15.9. The monoisotopic (exact) mass is 302 g/mol. The van der Waals surface area contributed by atoms with Gasteiger partial charge in [0.1, 0.15) is 11.5 Å². The summed E-state index contributed by atoms with van der Waals surface area (Å²) in [6, 6.07) is 13.8. The lowest BCUT2D eigenvalue weighted by Crippen LogP contribution is -2.07. The highest BCUT2D eigenvalue weighted by molar-refractivity contribution is 5.68. The molecular formula is C16H14O6. The highest BCUT2D eigenvalue weighted by Crippen LogP contribution is 2.24. The van der Waals surface area contributed by atoms with Crippen molar-refractivity contribution < 1.29 is 28.5 Å². The highest BCUT2D eigenvalue weighted by atomic mass is 16.7. The smallest absolute Gasteiger partial charge is 0.437 e. The van der Waals surface area contributed by atoms with E-state index in [0.29, 0.717) is 11.5 Å². The minimum Gasteiger partial charge on any atom is -0.437 e. The maximum atomic E-state index is 11.0. The molecule has 0 aliphatic heterocycles. The van der Waals surface area contributed by atoms with Gasteiger partial charge in [-0.2, -0.15) is 0 Å². The van der Waals surface area contributed by atoms with Gasteiger partial charge in [0.15, 0.2) is 0 Å². The predicted molar refractivity (Wildman–Crippen MR) is 77.9 cm³/mol. The van der Waals surface area contributed by atoms with E-state index in [0.717, 1.165) is 11.1 Å². The summed E-state index contributed by atoms with van der Waals surface area (Å²) in [4.78, 5) is 22.0. The molecule has 0 amide bonds. The van der Waals surface area contributed by atoms with E-state index >= 15 is 0 Å². The predicted octanol–water partition coefficient (Wildman–Crippen LogP) is 3.64. The fraction of sp³-hybridized carbons (Fsp3) is 0.125. The van der Waals surface area contributed by atoms with Crippen molar-refractivity contribution in [3.63, 3.8) is 0 Å². The van der Waals surface area contributed by atoms with Gasteiger partial charge >= 0.3 is 12.3 Å². The van der Waals surface area contributed by atoms with Crippen LogP contribution >= 0.6 is 0 Å². The van der Waals surface area contributed by atoms with E-state index in [9.17, 15) is 9.59 Å². The first kappa shape index (κ1) is 15.4. The maximum absolute atomic E-state index is 11.0. The van der Waals surface area contributed by atoms with Gasteiger partial charge in [-0.1, -0.05) is 24.3 Å². The Morgan fingerprint density at radius 1 is 0.636 bits per heavy atom. The van der Waals surface area contributed by atoms with E-state index in [1.54, 1.807) is 48.5 Å². The van der Waals surface area contributed by atoms with E-state index in [1.807, 2.05) is 0 Å². The molecule has 0 N–H and O–H groups in total. The molecule has 2 aromatic rings. The number of hydrogen-bond donors (Lipinski definition) is 0. The van der Waals surface area contributed by atoms with Crippen LogP contribution in [0.1, 0.15) is 0 Å². The molecule has 2 rings (SSSR count). The van der Waals surface area contributed by atoms with Crippen molar-refractivity contribution in [3.8, 4) is 22.6 Å². The summed E-state index contributed by atoms with van der Waals surface area (Å²) >= 11 is 0. The van der Waals surface area contributed by atoms with Crippen LogP contribution in [-0.2, 0) is 9.47 Å². The molecule has 2 aromatic carbocycles. The lowest BCUT2D eigenvalue weighted by molar-refractivity contribution is 0.120. The quantitative estimate of drug-likeness (QED) is 0.636. The molecule has 0 saturated carbocycles. The summed E-state index contributed by atoms with van der Waals surface area (Å²) in [7, 11) is 2.49. The van der Waals surface area contributed by atoms with Crippen LogP contribution < -0.4 is 9.47 Å². The lowest BCUT2D eigenvalue weighted by atomic mass is 10.1. The molecule has 0 aliphatic carbocycles. The zero-order valence-corrected chi connectivity index (χ0v) is 12.1. The van der Waals surface area contributed by atoms with Crippen LogP contribution in [0.2, 0.25) is 0 Å². The van der Waals surface area contributed by atoms with Crippen LogP contribution in [0, 0.1) is 0 Å². The van der Waals surface area contributed by atoms with Crippen LogP contribution in [0.4, 0.5) is 9.59 Å². The SMILES string of the molecule is COC(=O)Oc1ccc(-c2ccc(OC(=O)OC)cc2)cc1. The van der Waals surface area contributed by atoms with Gasteiger partial charge < -0.3 is 18.9 Å². The fourth-order valence-corrected chi connectivity index (χ4v) is 1.71. The van der Waals surface area contributed by atoms with E-state index in [-0.39, 0.29) is 0 Å². The largest absolute Gasteiger partial charge is 0.513 e. The van der Waals surface area contributed by atoms with E-state index < -0.39 is 12.3 Å². The first-order valence-electron chi connectivity index (χ1n) is 6.34. The maximum Gasteiger partial charge on any atom is 0.513 e. The summed E-state index contributed by atoms with van der Waals surface area (Å²) in [6.45, 7) is 0. The molecule has 0 aliphatic rings. The third-order valence-electron chi connectivity index (χ3n) is 2.78. The topological polar surface area (TPSA) is 71.1 Å². The summed E-state index contributed by atoms with van der Waals surface area (Å²) < 4.78 is 18.6. The number of ether oxygens (including phenoxy) is 4. The molecule has 0 saturated heterocycles. The average molecular weight is 302 g/mol. The van der Waals surface area contributed by atoms with Gasteiger partial charge in [0.25, 0.3) is 0 Å². The first-order valence-corrected chi connectivity index (χ1v) is 6.34. The van der Waals surface area contributed by atoms with E-state index in [2.05, 4.69) is 9.47 Å². The minimum atomic E-state index is -0.767. The molecule has 0 radical (unpaired) electrons. The van der Waals surface area contributed by atoms with Gasteiger partial charge in [0, 0.05) is 0 Å². The number of hydrogen-bond acceptors (Lipinski definition) is 6. The van der Waals surface area contributed by atoms with Crippen LogP contribution in [0.5, 0.6) is 11.5 Å². The number of carbonyl (C=O) groups excluding carboxylic acids is 2. The Morgan fingerprint density at radius 3 is 1.23 bits per heavy atom. The highest BCUT2D eigenvalue weighted by Gasteiger charge is 2.06. The fourth-order valence-electron chi connectivity index (χ4n) is 1.71. The molecule has 22 heavy (non-hydrogen) atoms. The van der Waals surface area contributed by atoms with Crippen molar-refractivity contribution in [3.05, 3.63) is 48.5 Å². The lowest BCUT2D eigenvalue weighted by Gasteiger charge is -2.06. The van der Waals surface area contributed by atoms with Gasteiger partial charge in [-0.25, -0.2) is 9.59 Å². The van der Waals surface area contributed by atoms with Crippen molar-refractivity contribution in [1.29, 1.82) is 0 Å². The van der Waals surface area contributed by atoms with E-state index in [4.69, 9.17) is 9.47 Å². The second-order valence-electron chi connectivity index (χ2n) is 4.16. The van der Waals surface area contributed by atoms with Crippen LogP contribution in [-0.4, -0.2) is 26.5 Å². The van der Waals surface area contributed by atoms with Gasteiger partial charge in [0.2, 0.25) is 0 Å². The van der Waals surface area contributed by atoms with Crippen molar-refractivity contribution in [2.75, 3.05) is 14.2 Å². The number of rotatable bonds is 3. The van der Waals surface area contributed by atoms with E-state index in [1.165, 1.54) is 14.2 Å². The summed E-state index contributed by atoms with van der Waals surface area (Å²) in [5.41, 5.74) is 1.84. The molecule has 0 atom stereocenters. The molecule has 0 heterocycles. The van der Waals surface area contributed by atoms with Gasteiger partial charge in [-0.15, -0.1) is 0 Å². The van der Waals surface area contributed by atoms with Crippen LogP contribution in [0.25, 0.3) is 11.1 Å². The molecule has 0 bridgehead atoms. The molecule has 0 spiro atoms. The second kappa shape index (κ2) is 7.12. The number of benzene rings is 2. The molecule has 6 nitrogen and oxygen atoms in total. The summed E-state index contributed by atoms with van der Waals surface area (Å²) in [5, 5.41) is 0. The third kappa shape index (κ3) is 3.99. The Balaban J connectivity index is 2.08. The van der Waals surface area contributed by atoms with Crippen molar-refractivity contribution in [2.45, 2.75) is 0 Å². The standard InChI is InChI=1S/C16H14O6/c1-19-15(17)21-13-7-3-11(4-8-13)12-5-9-14(10-6-12)22-16(18)20-2/h3-10H,1-2H3. The molecular weight excluding hydrogens is 288 g/mol. The average Bonchev–Trinajstić information content (AvgIpc) is 2.56. The number of methoxy groups -OCH3 is 2. The first-order chi connectivity index (χ1) is 10.6. The molecule has 6 heteroatoms. The van der Waals surface area contributed by atoms with Gasteiger partial charge in [-0.3, -0.25) is 0 Å². The Kier molecular flexibility index (Phi) is 4.98. The number of carbonyl (C=O) groups is 2. The third-order valence-corrected chi connectivity index (χ3v) is 2.78. The van der Waals surface area contributed by atoms with Crippen LogP contribution in [0.3, 0.4) is 0 Å². The molecule has 0 aromatic heterocycles. The van der Waals surface area contributed by atoms with Crippen molar-refractivity contribution >= 4 is 12.3 Å². The Hall–Kier alpha value is -3.02. The van der Waals surface area contributed by atoms with Crippen molar-refractivity contribution in [2.24, 2.45) is 0 Å². The van der Waals surface area contributed by atoms with Gasteiger partial charge in [-0.05, 0) is 35.4 Å². The minimum absolute atomic E-state index is 0.390. The normalized spacial score (nSPS) is 9.73. The zero-order valence-electron chi connectivity index (χ0n) is 12.1. The Morgan fingerprint density at radius 2 is 0.955 bits per heavy atom. The second-order valence-corrected chi connectivity index (χ2v) is 4.16.